The minimum absolute atomic E-state index is 0.00886. The van der Waals surface area contributed by atoms with Crippen LogP contribution in [0.4, 0.5) is 4.79 Å². The number of nitrogens with one attached hydrogen (secondary N) is 1. The monoisotopic (exact) mass is 664 g/mol. The molecule has 3 aliphatic heterocycles. The molecule has 0 aromatic heterocycles. The zero-order valence-electron chi connectivity index (χ0n) is 26.2. The van der Waals surface area contributed by atoms with Gasteiger partial charge in [-0.25, -0.2) is 13.2 Å². The van der Waals surface area contributed by atoms with Crippen LogP contribution in [0.5, 0.6) is 17.2 Å². The van der Waals surface area contributed by atoms with Crippen LogP contribution in [0.25, 0.3) is 0 Å². The summed E-state index contributed by atoms with van der Waals surface area (Å²) in [4.78, 5) is 13.2. The van der Waals surface area contributed by atoms with Crippen molar-refractivity contribution >= 4 is 16.1 Å². The second-order valence-corrected chi connectivity index (χ2v) is 14.1. The molecule has 3 unspecified atom stereocenters. The third-order valence-corrected chi connectivity index (χ3v) is 9.98. The molecule has 2 aromatic carbocycles. The Morgan fingerprint density at radius 3 is 2.61 bits per heavy atom. The van der Waals surface area contributed by atoms with Crippen molar-refractivity contribution in [1.82, 2.24) is 9.62 Å². The van der Waals surface area contributed by atoms with Crippen LogP contribution >= 0.6 is 0 Å². The highest BCUT2D eigenvalue weighted by Gasteiger charge is 2.44. The number of sulfonamides is 1. The Balaban J connectivity index is 1.32. The van der Waals surface area contributed by atoms with Gasteiger partial charge in [-0.3, -0.25) is 0 Å². The molecule has 2 fully saturated rings. The highest BCUT2D eigenvalue weighted by molar-refractivity contribution is 7.89. The Labute approximate surface area is 269 Å². The highest BCUT2D eigenvalue weighted by Crippen LogP contribution is 2.35. The van der Waals surface area contributed by atoms with Gasteiger partial charge in [0.15, 0.2) is 17.8 Å². The fourth-order valence-corrected chi connectivity index (χ4v) is 7.37. The van der Waals surface area contributed by atoms with E-state index in [1.165, 1.54) is 16.4 Å². The van der Waals surface area contributed by atoms with E-state index in [0.717, 1.165) is 12.0 Å². The smallest absolute Gasteiger partial charge is 0.407 e. The summed E-state index contributed by atoms with van der Waals surface area (Å²) in [5.74, 6) is 1.33. The summed E-state index contributed by atoms with van der Waals surface area (Å²) in [6.45, 7) is 4.96. The van der Waals surface area contributed by atoms with E-state index in [1.54, 1.807) is 18.2 Å². The Kier molecular flexibility index (Phi) is 11.6. The molecular weight excluding hydrogens is 620 g/mol. The Bertz CT molecular complexity index is 1410. The highest BCUT2D eigenvalue weighted by atomic mass is 32.2. The predicted octanol–water partition coefficient (Wildman–Crippen LogP) is 2.67. The minimum Gasteiger partial charge on any atom is -0.494 e. The number of aliphatic hydroxyl groups excluding tert-OH is 2. The van der Waals surface area contributed by atoms with Gasteiger partial charge in [-0.05, 0) is 61.4 Å². The van der Waals surface area contributed by atoms with Crippen molar-refractivity contribution in [3.05, 3.63) is 48.0 Å². The summed E-state index contributed by atoms with van der Waals surface area (Å²) >= 11 is 0. The predicted molar refractivity (Wildman–Crippen MR) is 165 cm³/mol. The van der Waals surface area contributed by atoms with Gasteiger partial charge in [0.2, 0.25) is 16.8 Å². The standard InChI is InChI=1S/C32H44N2O11S/c1-21(2)17-34(46(38,39)24-9-10-28-29(16-24)44-20-43-28)18-27(36)26(15-22-5-7-23(8-6-22)40-13-4-3-12-35)33-32(37)45-30-19-42-31-25(30)11-14-41-31/h5-10,16,21,25-27,30-31,35-36H,3-4,11-15,17-20H2,1-2H3,(H,33,37)/t25?,26-,27+,30?,31?/m0/s1. The van der Waals surface area contributed by atoms with E-state index in [2.05, 4.69) is 5.32 Å². The molecule has 2 aromatic rings. The molecule has 0 spiro atoms. The lowest BCUT2D eigenvalue weighted by Crippen LogP contribution is -2.51. The summed E-state index contributed by atoms with van der Waals surface area (Å²) in [5.41, 5.74) is 0.787. The molecule has 14 heteroatoms. The Hall–Kier alpha value is -3.14. The first kappa shape index (κ1) is 34.2. The largest absolute Gasteiger partial charge is 0.494 e. The second kappa shape index (κ2) is 15.6. The van der Waals surface area contributed by atoms with Crippen molar-refractivity contribution in [3.63, 3.8) is 0 Å². The fraction of sp³-hybridized carbons (Fsp3) is 0.594. The maximum Gasteiger partial charge on any atom is 0.407 e. The summed E-state index contributed by atoms with van der Waals surface area (Å²) in [5, 5.41) is 23.4. The zero-order chi connectivity index (χ0) is 32.7. The molecule has 0 bridgehead atoms. The molecule has 3 heterocycles. The number of aliphatic hydroxyl groups is 2. The zero-order valence-corrected chi connectivity index (χ0v) is 27.0. The van der Waals surface area contributed by atoms with Crippen LogP contribution in [-0.2, 0) is 30.7 Å². The number of benzene rings is 2. The molecule has 1 amide bonds. The maximum absolute atomic E-state index is 13.9. The normalized spacial score (nSPS) is 21.7. The summed E-state index contributed by atoms with van der Waals surface area (Å²) < 4.78 is 62.2. The van der Waals surface area contributed by atoms with Gasteiger partial charge in [0.25, 0.3) is 0 Å². The number of nitrogens with zero attached hydrogens (tertiary/aromatic N) is 1. The van der Waals surface area contributed by atoms with Gasteiger partial charge in [0.1, 0.15) is 11.9 Å². The molecule has 13 nitrogen and oxygen atoms in total. The van der Waals surface area contributed by atoms with Crippen LogP contribution in [0.1, 0.15) is 38.7 Å². The average molecular weight is 665 g/mol. The second-order valence-electron chi connectivity index (χ2n) is 12.1. The molecule has 5 atom stereocenters. The molecule has 254 valence electrons. The van der Waals surface area contributed by atoms with Crippen molar-refractivity contribution in [2.24, 2.45) is 11.8 Å². The first-order valence-corrected chi connectivity index (χ1v) is 17.2. The third-order valence-electron chi connectivity index (χ3n) is 8.15. The number of carbonyl (C=O) groups excluding carboxylic acids is 1. The summed E-state index contributed by atoms with van der Waals surface area (Å²) in [6, 6.07) is 10.8. The third kappa shape index (κ3) is 8.60. The number of hydrogen-bond acceptors (Lipinski definition) is 11. The molecule has 2 saturated heterocycles. The van der Waals surface area contributed by atoms with E-state index in [9.17, 15) is 18.3 Å². The number of amides is 1. The number of alkyl carbamates (subject to hydrolysis) is 1. The topological polar surface area (TPSA) is 162 Å². The molecule has 0 aliphatic carbocycles. The molecule has 5 rings (SSSR count). The van der Waals surface area contributed by atoms with Gasteiger partial charge in [-0.15, -0.1) is 0 Å². The van der Waals surface area contributed by atoms with Gasteiger partial charge in [-0.2, -0.15) is 4.31 Å². The van der Waals surface area contributed by atoms with Crippen LogP contribution in [0, 0.1) is 11.8 Å². The van der Waals surface area contributed by atoms with Crippen molar-refractivity contribution < 1.29 is 51.8 Å². The van der Waals surface area contributed by atoms with Crippen molar-refractivity contribution in [2.45, 2.75) is 69.0 Å². The van der Waals surface area contributed by atoms with E-state index in [4.69, 9.17) is 33.5 Å². The van der Waals surface area contributed by atoms with E-state index in [1.807, 2.05) is 26.0 Å². The van der Waals surface area contributed by atoms with E-state index in [-0.39, 0.29) is 56.2 Å². The van der Waals surface area contributed by atoms with Gasteiger partial charge in [0.05, 0.1) is 42.8 Å². The summed E-state index contributed by atoms with van der Waals surface area (Å²) in [6.07, 6.45) is -0.637. The number of rotatable bonds is 16. The number of ether oxygens (including phenoxy) is 6. The molecule has 0 radical (unpaired) electrons. The molecule has 0 saturated carbocycles. The number of unbranched alkanes of at least 4 members (excludes halogenated alkanes) is 1. The quantitative estimate of drug-likeness (QED) is 0.226. The Morgan fingerprint density at radius 2 is 1.85 bits per heavy atom. The maximum atomic E-state index is 13.9. The number of carbonyl (C=O) groups is 1. The van der Waals surface area contributed by atoms with Crippen molar-refractivity contribution in [1.29, 1.82) is 0 Å². The Morgan fingerprint density at radius 1 is 1.07 bits per heavy atom. The lowest BCUT2D eigenvalue weighted by Gasteiger charge is -2.31. The van der Waals surface area contributed by atoms with Crippen LogP contribution in [0.2, 0.25) is 0 Å². The van der Waals surface area contributed by atoms with Crippen LogP contribution in [-0.4, -0.2) is 99.9 Å². The van der Waals surface area contributed by atoms with Gasteiger partial charge in [-0.1, -0.05) is 26.0 Å². The van der Waals surface area contributed by atoms with E-state index >= 15 is 0 Å². The van der Waals surface area contributed by atoms with Gasteiger partial charge in [0, 0.05) is 25.8 Å². The first-order valence-electron chi connectivity index (χ1n) is 15.7. The van der Waals surface area contributed by atoms with Crippen molar-refractivity contribution in [3.8, 4) is 17.2 Å². The lowest BCUT2D eigenvalue weighted by atomic mass is 10.0. The minimum atomic E-state index is -4.06. The van der Waals surface area contributed by atoms with Crippen LogP contribution in [0.15, 0.2) is 47.4 Å². The molecule has 3 aliphatic rings. The molecule has 46 heavy (non-hydrogen) atoms. The first-order chi connectivity index (χ1) is 22.1. The number of hydrogen-bond donors (Lipinski definition) is 3. The number of fused-ring (bicyclic) bond motifs is 2. The lowest BCUT2D eigenvalue weighted by molar-refractivity contribution is -0.0907. The molecular formula is C32H44N2O11S. The average Bonchev–Trinajstić information content (AvgIpc) is 3.78. The SMILES string of the molecule is CC(C)CN(C[C@@H](O)[C@H](Cc1ccc(OCCCCO)cc1)NC(=O)OC1COC2OCCC12)S(=O)(=O)c1ccc2c(c1)OCO2. The van der Waals surface area contributed by atoms with Gasteiger partial charge >= 0.3 is 6.09 Å². The van der Waals surface area contributed by atoms with Crippen LogP contribution in [0.3, 0.4) is 0 Å². The van der Waals surface area contributed by atoms with Crippen molar-refractivity contribution in [2.75, 3.05) is 46.3 Å². The van der Waals surface area contributed by atoms with E-state index < -0.39 is 40.7 Å². The van der Waals surface area contributed by atoms with Gasteiger partial charge < -0.3 is 44.0 Å². The molecule has 3 N–H and O–H groups in total. The summed E-state index contributed by atoms with van der Waals surface area (Å²) in [7, 11) is -4.06. The van der Waals surface area contributed by atoms with Crippen LogP contribution < -0.4 is 19.5 Å². The van der Waals surface area contributed by atoms with E-state index in [0.29, 0.717) is 43.3 Å². The fourth-order valence-electron chi connectivity index (χ4n) is 5.73.